The molecular formula is C39H56N4O7. The number of Topliss-reactive ketones (excluding diaryl/α,β-unsaturated/α-hetero) is 2. The van der Waals surface area contributed by atoms with Crippen molar-refractivity contribution in [2.24, 2.45) is 34.2 Å². The first-order valence-electron chi connectivity index (χ1n) is 18.5. The molecule has 1 aromatic rings. The molecule has 3 fully saturated rings. The van der Waals surface area contributed by atoms with Crippen molar-refractivity contribution in [1.29, 1.82) is 0 Å². The Bertz CT molecular complexity index is 1530. The van der Waals surface area contributed by atoms with Crippen LogP contribution in [0.15, 0.2) is 17.3 Å². The molecule has 2 aliphatic heterocycles. The molecule has 2 N–H and O–H groups in total. The second kappa shape index (κ2) is 14.5. The average Bonchev–Trinajstić information content (AvgIpc) is 3.98. The molecular weight excluding hydrogens is 636 g/mol. The summed E-state index contributed by atoms with van der Waals surface area (Å²) in [7, 11) is 0. The number of likely N-dealkylation sites (tertiary alicyclic amines) is 1. The molecule has 1 unspecified atom stereocenters. The van der Waals surface area contributed by atoms with Crippen LogP contribution in [0.25, 0.3) is 0 Å². The highest BCUT2D eigenvalue weighted by atomic mass is 16.7. The SMILES string of the molecule is CCOc1c(C)cc(C2=NO[C@]3(C2)C[C@@H](C(=O)N[C@@H](CC2CC2)C(=O)C(=O)CC)N(C(=O)[C@@H](NC(=O)C2C[C@H]2C(C)C)C(C)(C)C)C3)cc1C. The van der Waals surface area contributed by atoms with Crippen LogP contribution >= 0.6 is 0 Å². The third kappa shape index (κ3) is 8.07. The van der Waals surface area contributed by atoms with Crippen LogP contribution in [-0.2, 0) is 28.8 Å². The molecule has 274 valence electrons. The summed E-state index contributed by atoms with van der Waals surface area (Å²) in [4.78, 5) is 75.6. The number of carbonyl (C=O) groups excluding carboxylic acids is 5. The molecule has 0 radical (unpaired) electrons. The van der Waals surface area contributed by atoms with Crippen LogP contribution < -0.4 is 15.4 Å². The van der Waals surface area contributed by atoms with Crippen LogP contribution in [0.2, 0.25) is 0 Å². The van der Waals surface area contributed by atoms with Crippen molar-refractivity contribution in [3.63, 3.8) is 0 Å². The van der Waals surface area contributed by atoms with Crippen LogP contribution in [-0.4, -0.2) is 76.8 Å². The average molecular weight is 693 g/mol. The van der Waals surface area contributed by atoms with E-state index in [1.54, 1.807) is 6.92 Å². The van der Waals surface area contributed by atoms with Crippen LogP contribution in [0.3, 0.4) is 0 Å². The standard InChI is InChI=1S/C39H56N4O7/c1-10-31(44)32(45)28(16-24-12-13-24)40-36(47)30-19-39(18-29(42-50-39)25-14-22(5)33(49-11-2)23(6)15-25)20-43(30)37(48)34(38(7,8)9)41-35(46)27-17-26(27)21(3)4/h14-15,21,24,26-28,30,34H,10-13,16-20H2,1-9H3,(H,40,47)(H,41,46)/t26-,27?,28-,30-,34+,39+/m0/s1. The normalized spacial score (nSPS) is 25.5. The highest BCUT2D eigenvalue weighted by Crippen LogP contribution is 2.45. The van der Waals surface area contributed by atoms with Crippen molar-refractivity contribution < 1.29 is 33.5 Å². The molecule has 50 heavy (non-hydrogen) atoms. The Hall–Kier alpha value is -3.76. The van der Waals surface area contributed by atoms with E-state index in [1.165, 1.54) is 4.90 Å². The first kappa shape index (κ1) is 37.5. The summed E-state index contributed by atoms with van der Waals surface area (Å²) in [5.41, 5.74) is 1.87. The van der Waals surface area contributed by atoms with Gasteiger partial charge in [0, 0.05) is 30.7 Å². The van der Waals surface area contributed by atoms with Crippen LogP contribution in [0.1, 0.15) is 110 Å². The zero-order chi connectivity index (χ0) is 36.7. The monoisotopic (exact) mass is 692 g/mol. The number of oxime groups is 1. The van der Waals surface area contributed by atoms with E-state index in [4.69, 9.17) is 9.57 Å². The molecule has 11 nitrogen and oxygen atoms in total. The molecule has 11 heteroatoms. The highest BCUT2D eigenvalue weighted by Gasteiger charge is 2.56. The molecule has 4 aliphatic rings. The molecule has 2 aliphatic carbocycles. The third-order valence-corrected chi connectivity index (χ3v) is 10.8. The van der Waals surface area contributed by atoms with Crippen molar-refractivity contribution >= 4 is 35.0 Å². The van der Waals surface area contributed by atoms with Crippen molar-refractivity contribution in [1.82, 2.24) is 15.5 Å². The van der Waals surface area contributed by atoms with Crippen molar-refractivity contribution in [3.8, 4) is 5.75 Å². The van der Waals surface area contributed by atoms with Gasteiger partial charge in [0.05, 0.1) is 24.9 Å². The quantitative estimate of drug-likeness (QED) is 0.266. The lowest BCUT2D eigenvalue weighted by Crippen LogP contribution is -2.59. The number of benzene rings is 1. The summed E-state index contributed by atoms with van der Waals surface area (Å²) in [5.74, 6) is -0.570. The van der Waals surface area contributed by atoms with Gasteiger partial charge in [0.25, 0.3) is 0 Å². The van der Waals surface area contributed by atoms with E-state index < -0.39 is 46.6 Å². The zero-order valence-corrected chi connectivity index (χ0v) is 31.3. The Morgan fingerprint density at radius 2 is 1.70 bits per heavy atom. The van der Waals surface area contributed by atoms with Gasteiger partial charge >= 0.3 is 0 Å². The minimum atomic E-state index is -1.00. The summed E-state index contributed by atoms with van der Waals surface area (Å²) < 4.78 is 5.84. The molecule has 2 saturated carbocycles. The van der Waals surface area contributed by atoms with E-state index in [9.17, 15) is 24.0 Å². The second-order valence-corrected chi connectivity index (χ2v) is 16.5. The number of ketones is 2. The summed E-state index contributed by atoms with van der Waals surface area (Å²) in [6.45, 7) is 18.1. The molecule has 1 saturated heterocycles. The number of aryl methyl sites for hydroxylation is 2. The molecule has 2 heterocycles. The van der Waals surface area contributed by atoms with Gasteiger partial charge in [-0.3, -0.25) is 24.0 Å². The van der Waals surface area contributed by atoms with Crippen molar-refractivity contribution in [3.05, 3.63) is 28.8 Å². The molecule has 6 atom stereocenters. The van der Waals surface area contributed by atoms with E-state index in [1.807, 2.05) is 53.7 Å². The number of nitrogens with one attached hydrogen (secondary N) is 2. The van der Waals surface area contributed by atoms with E-state index in [-0.39, 0.29) is 49.0 Å². The maximum atomic E-state index is 14.6. The fourth-order valence-corrected chi connectivity index (χ4v) is 7.64. The number of carbonyl (C=O) groups is 5. The number of amides is 3. The van der Waals surface area contributed by atoms with Crippen LogP contribution in [0.4, 0.5) is 0 Å². The summed E-state index contributed by atoms with van der Waals surface area (Å²) in [5, 5.41) is 10.4. The minimum Gasteiger partial charge on any atom is -0.493 e. The van der Waals surface area contributed by atoms with Crippen LogP contribution in [0.5, 0.6) is 5.75 Å². The second-order valence-electron chi connectivity index (χ2n) is 16.5. The van der Waals surface area contributed by atoms with Gasteiger partial charge in [-0.25, -0.2) is 0 Å². The fourth-order valence-electron chi connectivity index (χ4n) is 7.64. The number of rotatable bonds is 14. The van der Waals surface area contributed by atoms with Crippen molar-refractivity contribution in [2.75, 3.05) is 13.2 Å². The lowest BCUT2D eigenvalue weighted by Gasteiger charge is -2.35. The first-order chi connectivity index (χ1) is 23.5. The highest BCUT2D eigenvalue weighted by molar-refractivity contribution is 6.39. The van der Waals surface area contributed by atoms with Gasteiger partial charge in [-0.15, -0.1) is 0 Å². The van der Waals surface area contributed by atoms with E-state index in [0.29, 0.717) is 31.1 Å². The van der Waals surface area contributed by atoms with Crippen LogP contribution in [0, 0.1) is 42.9 Å². The Balaban J connectivity index is 1.43. The molecule has 3 amide bonds. The number of nitrogens with zero attached hydrogens (tertiary/aromatic N) is 2. The molecule has 0 bridgehead atoms. The maximum absolute atomic E-state index is 14.6. The van der Waals surface area contributed by atoms with Gasteiger partial charge in [-0.2, -0.15) is 0 Å². The van der Waals surface area contributed by atoms with Gasteiger partial charge in [0.2, 0.25) is 23.5 Å². The predicted molar refractivity (Wildman–Crippen MR) is 190 cm³/mol. The predicted octanol–water partition coefficient (Wildman–Crippen LogP) is 4.82. The van der Waals surface area contributed by atoms with E-state index >= 15 is 0 Å². The maximum Gasteiger partial charge on any atom is 0.246 e. The van der Waals surface area contributed by atoms with Gasteiger partial charge in [0.15, 0.2) is 11.4 Å². The Labute approximate surface area is 296 Å². The van der Waals surface area contributed by atoms with E-state index in [0.717, 1.165) is 41.7 Å². The summed E-state index contributed by atoms with van der Waals surface area (Å²) in [6, 6.07) is 1.15. The smallest absolute Gasteiger partial charge is 0.246 e. The molecule has 1 spiro atoms. The van der Waals surface area contributed by atoms with Gasteiger partial charge in [0.1, 0.15) is 17.8 Å². The minimum absolute atomic E-state index is 0.0527. The lowest BCUT2D eigenvalue weighted by molar-refractivity contribution is -0.145. The van der Waals surface area contributed by atoms with Gasteiger partial charge in [-0.05, 0) is 80.0 Å². The molecule has 1 aromatic carbocycles. The van der Waals surface area contributed by atoms with Crippen molar-refractivity contribution in [2.45, 2.75) is 131 Å². The Morgan fingerprint density at radius 1 is 1.04 bits per heavy atom. The van der Waals surface area contributed by atoms with Gasteiger partial charge in [-0.1, -0.05) is 59.5 Å². The molecule has 0 aromatic heterocycles. The number of hydrogen-bond acceptors (Lipinski definition) is 8. The van der Waals surface area contributed by atoms with E-state index in [2.05, 4.69) is 29.6 Å². The Kier molecular flexibility index (Phi) is 10.8. The largest absolute Gasteiger partial charge is 0.493 e. The summed E-state index contributed by atoms with van der Waals surface area (Å²) in [6.07, 6.45) is 3.62. The number of ether oxygens (including phenoxy) is 1. The third-order valence-electron chi connectivity index (χ3n) is 10.8. The zero-order valence-electron chi connectivity index (χ0n) is 31.3. The molecule has 5 rings (SSSR count). The summed E-state index contributed by atoms with van der Waals surface area (Å²) >= 11 is 0. The topological polar surface area (TPSA) is 143 Å². The first-order valence-corrected chi connectivity index (χ1v) is 18.5. The fraction of sp³-hybridized carbons (Fsp3) is 0.692. The Morgan fingerprint density at radius 3 is 2.24 bits per heavy atom. The lowest BCUT2D eigenvalue weighted by atomic mass is 9.85. The number of hydrogen-bond donors (Lipinski definition) is 2. The van der Waals surface area contributed by atoms with Gasteiger partial charge < -0.3 is 25.1 Å².